The van der Waals surface area contributed by atoms with Gasteiger partial charge in [0, 0.05) is 12.2 Å². The van der Waals surface area contributed by atoms with E-state index in [1.807, 2.05) is 0 Å². The molecule has 7 heteroatoms. The minimum atomic E-state index is -4.45. The SMILES string of the molecule is CCC(O)CNC(=O)Nc1cccc(C(F)(F)F)c1. The summed E-state index contributed by atoms with van der Waals surface area (Å²) in [4.78, 5) is 11.4. The maximum absolute atomic E-state index is 12.4. The van der Waals surface area contributed by atoms with Crippen molar-refractivity contribution < 1.29 is 23.1 Å². The minimum absolute atomic E-state index is 0.0401. The van der Waals surface area contributed by atoms with Crippen molar-refractivity contribution in [2.75, 3.05) is 11.9 Å². The number of alkyl halides is 3. The Labute approximate surface area is 108 Å². The molecular formula is C12H15F3N2O2. The molecule has 0 saturated heterocycles. The number of carbonyl (C=O) groups is 1. The van der Waals surface area contributed by atoms with E-state index in [1.165, 1.54) is 12.1 Å². The van der Waals surface area contributed by atoms with Gasteiger partial charge in [0.1, 0.15) is 0 Å². The summed E-state index contributed by atoms with van der Waals surface area (Å²) in [7, 11) is 0. The molecule has 2 amide bonds. The smallest absolute Gasteiger partial charge is 0.391 e. The molecule has 1 aromatic rings. The highest BCUT2D eigenvalue weighted by Crippen LogP contribution is 2.30. The second kappa shape index (κ2) is 6.42. The summed E-state index contributed by atoms with van der Waals surface area (Å²) in [6, 6.07) is 3.66. The van der Waals surface area contributed by atoms with E-state index in [-0.39, 0.29) is 12.2 Å². The molecule has 0 heterocycles. The van der Waals surface area contributed by atoms with Crippen LogP contribution in [0.2, 0.25) is 0 Å². The Morgan fingerprint density at radius 2 is 2.11 bits per heavy atom. The average Bonchev–Trinajstić information content (AvgIpc) is 2.35. The number of anilines is 1. The van der Waals surface area contributed by atoms with E-state index < -0.39 is 23.9 Å². The molecule has 106 valence electrons. The number of amides is 2. The molecule has 1 aromatic carbocycles. The van der Waals surface area contributed by atoms with E-state index in [2.05, 4.69) is 10.6 Å². The van der Waals surface area contributed by atoms with Gasteiger partial charge < -0.3 is 15.7 Å². The minimum Gasteiger partial charge on any atom is -0.391 e. The third-order valence-corrected chi connectivity index (χ3v) is 2.42. The van der Waals surface area contributed by atoms with Crippen molar-refractivity contribution in [3.8, 4) is 0 Å². The van der Waals surface area contributed by atoms with Gasteiger partial charge in [0.15, 0.2) is 0 Å². The molecule has 0 aromatic heterocycles. The number of benzene rings is 1. The van der Waals surface area contributed by atoms with Gasteiger partial charge in [-0.05, 0) is 24.6 Å². The number of aliphatic hydroxyl groups excluding tert-OH is 1. The Kier molecular flexibility index (Phi) is 5.17. The molecule has 1 atom stereocenters. The van der Waals surface area contributed by atoms with Gasteiger partial charge in [0.25, 0.3) is 0 Å². The summed E-state index contributed by atoms with van der Waals surface area (Å²) in [6.45, 7) is 1.79. The van der Waals surface area contributed by atoms with Gasteiger partial charge in [-0.25, -0.2) is 4.79 Å². The second-order valence-corrected chi connectivity index (χ2v) is 3.98. The highest BCUT2D eigenvalue weighted by atomic mass is 19.4. The van der Waals surface area contributed by atoms with Crippen LogP contribution in [-0.4, -0.2) is 23.8 Å². The lowest BCUT2D eigenvalue weighted by atomic mass is 10.2. The zero-order valence-electron chi connectivity index (χ0n) is 10.3. The van der Waals surface area contributed by atoms with Crippen LogP contribution in [0.4, 0.5) is 23.7 Å². The Hall–Kier alpha value is -1.76. The van der Waals surface area contributed by atoms with E-state index in [0.29, 0.717) is 6.42 Å². The van der Waals surface area contributed by atoms with Crippen molar-refractivity contribution in [3.05, 3.63) is 29.8 Å². The van der Waals surface area contributed by atoms with Crippen LogP contribution in [0.1, 0.15) is 18.9 Å². The van der Waals surface area contributed by atoms with Gasteiger partial charge in [-0.15, -0.1) is 0 Å². The van der Waals surface area contributed by atoms with Gasteiger partial charge in [0.05, 0.1) is 11.7 Å². The monoisotopic (exact) mass is 276 g/mol. The van der Waals surface area contributed by atoms with E-state index >= 15 is 0 Å². The van der Waals surface area contributed by atoms with Crippen LogP contribution in [0, 0.1) is 0 Å². The molecular weight excluding hydrogens is 261 g/mol. The summed E-state index contributed by atoms with van der Waals surface area (Å²) < 4.78 is 37.3. The highest BCUT2D eigenvalue weighted by molar-refractivity contribution is 5.89. The number of carbonyl (C=O) groups excluding carboxylic acids is 1. The fraction of sp³-hybridized carbons (Fsp3) is 0.417. The van der Waals surface area contributed by atoms with Crippen molar-refractivity contribution >= 4 is 11.7 Å². The van der Waals surface area contributed by atoms with Crippen molar-refractivity contribution in [1.29, 1.82) is 0 Å². The first-order valence-electron chi connectivity index (χ1n) is 5.73. The number of rotatable bonds is 4. The van der Waals surface area contributed by atoms with E-state index in [1.54, 1.807) is 6.92 Å². The van der Waals surface area contributed by atoms with Gasteiger partial charge in [0.2, 0.25) is 0 Å². The van der Waals surface area contributed by atoms with Crippen molar-refractivity contribution in [2.24, 2.45) is 0 Å². The predicted molar refractivity (Wildman–Crippen MR) is 64.8 cm³/mol. The third-order valence-electron chi connectivity index (χ3n) is 2.42. The number of urea groups is 1. The number of nitrogens with one attached hydrogen (secondary N) is 2. The fourth-order valence-electron chi connectivity index (χ4n) is 1.30. The molecule has 0 bridgehead atoms. The summed E-state index contributed by atoms with van der Waals surface area (Å²) in [5.74, 6) is 0. The van der Waals surface area contributed by atoms with Gasteiger partial charge in [-0.2, -0.15) is 13.2 Å². The van der Waals surface area contributed by atoms with Crippen molar-refractivity contribution in [3.63, 3.8) is 0 Å². The molecule has 1 unspecified atom stereocenters. The first-order chi connectivity index (χ1) is 8.82. The third kappa shape index (κ3) is 5.17. The van der Waals surface area contributed by atoms with Crippen LogP contribution in [0.5, 0.6) is 0 Å². The maximum atomic E-state index is 12.4. The quantitative estimate of drug-likeness (QED) is 0.791. The molecule has 0 spiro atoms. The van der Waals surface area contributed by atoms with Crippen LogP contribution in [-0.2, 0) is 6.18 Å². The summed E-state index contributed by atoms with van der Waals surface area (Å²) in [6.07, 6.45) is -4.65. The Bertz CT molecular complexity index is 435. The maximum Gasteiger partial charge on any atom is 0.416 e. The van der Waals surface area contributed by atoms with E-state index in [0.717, 1.165) is 12.1 Å². The molecule has 19 heavy (non-hydrogen) atoms. The topological polar surface area (TPSA) is 61.4 Å². The molecule has 0 aliphatic rings. The standard InChI is InChI=1S/C12H15F3N2O2/c1-2-10(18)7-16-11(19)17-9-5-3-4-8(6-9)12(13,14)15/h3-6,10,18H,2,7H2,1H3,(H2,16,17,19). The average molecular weight is 276 g/mol. The lowest BCUT2D eigenvalue weighted by Crippen LogP contribution is -2.35. The Balaban J connectivity index is 2.60. The van der Waals surface area contributed by atoms with Gasteiger partial charge in [-0.1, -0.05) is 13.0 Å². The zero-order valence-corrected chi connectivity index (χ0v) is 10.3. The molecule has 0 fully saturated rings. The Morgan fingerprint density at radius 1 is 1.42 bits per heavy atom. The number of hydrogen-bond acceptors (Lipinski definition) is 2. The summed E-state index contributed by atoms with van der Waals surface area (Å²) >= 11 is 0. The fourth-order valence-corrected chi connectivity index (χ4v) is 1.30. The molecule has 0 radical (unpaired) electrons. The van der Waals surface area contributed by atoms with Gasteiger partial charge in [-0.3, -0.25) is 0 Å². The number of halogens is 3. The highest BCUT2D eigenvalue weighted by Gasteiger charge is 2.30. The van der Waals surface area contributed by atoms with Crippen LogP contribution in [0.25, 0.3) is 0 Å². The normalized spacial score (nSPS) is 12.9. The number of aliphatic hydroxyl groups is 1. The molecule has 1 rings (SSSR count). The van der Waals surface area contributed by atoms with Crippen LogP contribution >= 0.6 is 0 Å². The summed E-state index contributed by atoms with van der Waals surface area (Å²) in [5, 5.41) is 13.9. The first kappa shape index (κ1) is 15.3. The van der Waals surface area contributed by atoms with Crippen LogP contribution in [0.3, 0.4) is 0 Å². The molecule has 0 saturated carbocycles. The van der Waals surface area contributed by atoms with Gasteiger partial charge >= 0.3 is 12.2 Å². The Morgan fingerprint density at radius 3 is 2.68 bits per heavy atom. The van der Waals surface area contributed by atoms with E-state index in [4.69, 9.17) is 0 Å². The molecule has 4 nitrogen and oxygen atoms in total. The largest absolute Gasteiger partial charge is 0.416 e. The lowest BCUT2D eigenvalue weighted by Gasteiger charge is -2.12. The molecule has 0 aliphatic carbocycles. The van der Waals surface area contributed by atoms with Crippen LogP contribution < -0.4 is 10.6 Å². The second-order valence-electron chi connectivity index (χ2n) is 3.98. The lowest BCUT2D eigenvalue weighted by molar-refractivity contribution is -0.137. The van der Waals surface area contributed by atoms with Crippen molar-refractivity contribution in [2.45, 2.75) is 25.6 Å². The van der Waals surface area contributed by atoms with E-state index in [9.17, 15) is 23.1 Å². The summed E-state index contributed by atoms with van der Waals surface area (Å²) in [5.41, 5.74) is -0.794. The van der Waals surface area contributed by atoms with Crippen LogP contribution in [0.15, 0.2) is 24.3 Å². The zero-order chi connectivity index (χ0) is 14.5. The molecule has 0 aliphatic heterocycles. The predicted octanol–water partition coefficient (Wildman–Crippen LogP) is 2.60. The number of hydrogen-bond donors (Lipinski definition) is 3. The molecule has 3 N–H and O–H groups in total. The first-order valence-corrected chi connectivity index (χ1v) is 5.73. The van der Waals surface area contributed by atoms with Crippen molar-refractivity contribution in [1.82, 2.24) is 5.32 Å².